The van der Waals surface area contributed by atoms with Crippen LogP contribution in [-0.4, -0.2) is 35.1 Å². The van der Waals surface area contributed by atoms with Gasteiger partial charge in [0, 0.05) is 11.6 Å². The van der Waals surface area contributed by atoms with Gasteiger partial charge in [-0.25, -0.2) is 8.42 Å². The quantitative estimate of drug-likeness (QED) is 0.488. The summed E-state index contributed by atoms with van der Waals surface area (Å²) in [5.41, 5.74) is 1.91. The molecule has 0 aromatic heterocycles. The number of nitrogens with zero attached hydrogens (tertiary/aromatic N) is 1. The topological polar surface area (TPSA) is 84.9 Å². The highest BCUT2D eigenvalue weighted by atomic mass is 35.5. The first-order chi connectivity index (χ1) is 15.7. The Bertz CT molecular complexity index is 1210. The average molecular weight is 489 g/mol. The molecule has 3 aromatic rings. The number of aryl methyl sites for hydroxylation is 1. The fraction of sp³-hybridized carbons (Fsp3) is 0.208. The predicted octanol–water partition coefficient (Wildman–Crippen LogP) is 4.18. The standard InChI is InChI=1S/C24H25ClN2O5S/c1-17-4-13-22(32-3)23(14-17)33(29,30)27(20-9-11-21(31-2)12-10-20)16-24(28)26-15-18-5-7-19(25)8-6-18/h4-14H,15-16H2,1-3H3,(H,26,28). The van der Waals surface area contributed by atoms with Crippen LogP contribution in [0.1, 0.15) is 11.1 Å². The van der Waals surface area contributed by atoms with Crippen molar-refractivity contribution in [1.29, 1.82) is 0 Å². The third-order valence-electron chi connectivity index (χ3n) is 4.94. The fourth-order valence-corrected chi connectivity index (χ4v) is 4.95. The summed E-state index contributed by atoms with van der Waals surface area (Å²) < 4.78 is 38.9. The lowest BCUT2D eigenvalue weighted by Gasteiger charge is -2.25. The minimum atomic E-state index is -4.13. The molecule has 0 unspecified atom stereocenters. The molecule has 0 atom stereocenters. The van der Waals surface area contributed by atoms with Crippen molar-refractivity contribution in [3.63, 3.8) is 0 Å². The van der Waals surface area contributed by atoms with Crippen LogP contribution < -0.4 is 19.1 Å². The molecule has 0 spiro atoms. The minimum Gasteiger partial charge on any atom is -0.497 e. The van der Waals surface area contributed by atoms with Crippen LogP contribution in [0.15, 0.2) is 71.6 Å². The summed E-state index contributed by atoms with van der Waals surface area (Å²) in [5, 5.41) is 3.35. The van der Waals surface area contributed by atoms with Gasteiger partial charge in [0.25, 0.3) is 10.0 Å². The van der Waals surface area contributed by atoms with Crippen molar-refractivity contribution < 1.29 is 22.7 Å². The highest BCUT2D eigenvalue weighted by Gasteiger charge is 2.30. The summed E-state index contributed by atoms with van der Waals surface area (Å²) in [6, 6.07) is 18.3. The van der Waals surface area contributed by atoms with Crippen molar-refractivity contribution in [2.45, 2.75) is 18.4 Å². The molecule has 1 amide bonds. The van der Waals surface area contributed by atoms with E-state index in [1.807, 2.05) is 0 Å². The maximum Gasteiger partial charge on any atom is 0.268 e. The average Bonchev–Trinajstić information content (AvgIpc) is 2.82. The van der Waals surface area contributed by atoms with Gasteiger partial charge in [-0.15, -0.1) is 0 Å². The molecule has 0 bridgehead atoms. The van der Waals surface area contributed by atoms with Crippen LogP contribution in [0.25, 0.3) is 0 Å². The zero-order valence-electron chi connectivity index (χ0n) is 18.5. The monoisotopic (exact) mass is 488 g/mol. The van der Waals surface area contributed by atoms with Crippen LogP contribution in [0.5, 0.6) is 11.5 Å². The Hall–Kier alpha value is -3.23. The van der Waals surface area contributed by atoms with Gasteiger partial charge in [-0.3, -0.25) is 9.10 Å². The smallest absolute Gasteiger partial charge is 0.268 e. The number of ether oxygens (including phenoxy) is 2. The number of hydrogen-bond acceptors (Lipinski definition) is 5. The zero-order valence-corrected chi connectivity index (χ0v) is 20.1. The van der Waals surface area contributed by atoms with E-state index in [2.05, 4.69) is 5.32 Å². The normalized spacial score (nSPS) is 11.0. The lowest BCUT2D eigenvalue weighted by atomic mass is 10.2. The second-order valence-electron chi connectivity index (χ2n) is 7.27. The molecule has 1 N–H and O–H groups in total. The molecule has 7 nitrogen and oxygen atoms in total. The van der Waals surface area contributed by atoms with Crippen LogP contribution in [0.4, 0.5) is 5.69 Å². The van der Waals surface area contributed by atoms with Crippen molar-refractivity contribution in [3.05, 3.63) is 82.9 Å². The Balaban J connectivity index is 1.93. The lowest BCUT2D eigenvalue weighted by molar-refractivity contribution is -0.119. The first kappa shape index (κ1) is 24.4. The van der Waals surface area contributed by atoms with Crippen LogP contribution in [-0.2, 0) is 21.4 Å². The Labute approximate surface area is 198 Å². The molecule has 0 saturated heterocycles. The first-order valence-electron chi connectivity index (χ1n) is 10.1. The van der Waals surface area contributed by atoms with Gasteiger partial charge in [0.1, 0.15) is 22.9 Å². The molecule has 9 heteroatoms. The molecule has 3 rings (SSSR count). The van der Waals surface area contributed by atoms with Crippen LogP contribution in [0.2, 0.25) is 5.02 Å². The number of hydrogen-bond donors (Lipinski definition) is 1. The molecule has 0 aliphatic heterocycles. The second-order valence-corrected chi connectivity index (χ2v) is 9.53. The molecule has 0 radical (unpaired) electrons. The highest BCUT2D eigenvalue weighted by molar-refractivity contribution is 7.93. The number of amides is 1. The Morgan fingerprint density at radius 2 is 1.64 bits per heavy atom. The number of anilines is 1. The molecule has 0 aliphatic carbocycles. The van der Waals surface area contributed by atoms with Crippen molar-refractivity contribution in [2.24, 2.45) is 0 Å². The molecule has 0 fully saturated rings. The Morgan fingerprint density at radius 1 is 0.970 bits per heavy atom. The fourth-order valence-electron chi connectivity index (χ4n) is 3.16. The summed E-state index contributed by atoms with van der Waals surface area (Å²) in [6.07, 6.45) is 0. The zero-order chi connectivity index (χ0) is 24.0. The third-order valence-corrected chi connectivity index (χ3v) is 6.98. The van der Waals surface area contributed by atoms with E-state index >= 15 is 0 Å². The van der Waals surface area contributed by atoms with Crippen LogP contribution in [0, 0.1) is 6.92 Å². The number of nitrogens with one attached hydrogen (secondary N) is 1. The summed E-state index contributed by atoms with van der Waals surface area (Å²) in [6.45, 7) is 1.61. The predicted molar refractivity (Wildman–Crippen MR) is 129 cm³/mol. The Kier molecular flexibility index (Phi) is 7.84. The molecule has 0 heterocycles. The number of carbonyl (C=O) groups excluding carboxylic acids is 1. The maximum absolute atomic E-state index is 13.7. The SMILES string of the molecule is COc1ccc(N(CC(=O)NCc2ccc(Cl)cc2)S(=O)(=O)c2cc(C)ccc2OC)cc1. The van der Waals surface area contributed by atoms with Crippen molar-refractivity contribution in [2.75, 3.05) is 25.1 Å². The van der Waals surface area contributed by atoms with Crippen LogP contribution in [0.3, 0.4) is 0 Å². The van der Waals surface area contributed by atoms with E-state index in [0.29, 0.717) is 16.5 Å². The van der Waals surface area contributed by atoms with E-state index in [1.165, 1.54) is 20.3 Å². The van der Waals surface area contributed by atoms with Gasteiger partial charge in [-0.1, -0.05) is 29.8 Å². The van der Waals surface area contributed by atoms with Crippen LogP contribution >= 0.6 is 11.6 Å². The number of methoxy groups -OCH3 is 2. The molecule has 33 heavy (non-hydrogen) atoms. The molecule has 174 valence electrons. The van der Waals surface area contributed by atoms with Gasteiger partial charge >= 0.3 is 0 Å². The van der Waals surface area contributed by atoms with Gasteiger partial charge in [0.15, 0.2) is 0 Å². The van der Waals surface area contributed by atoms with Crippen molar-refractivity contribution >= 4 is 33.2 Å². The maximum atomic E-state index is 13.7. The van der Waals surface area contributed by atoms with E-state index in [9.17, 15) is 13.2 Å². The summed E-state index contributed by atoms with van der Waals surface area (Å²) >= 11 is 5.90. The second kappa shape index (κ2) is 10.6. The molecule has 0 aliphatic rings. The largest absolute Gasteiger partial charge is 0.497 e. The van der Waals surface area contributed by atoms with Crippen molar-refractivity contribution in [3.8, 4) is 11.5 Å². The number of rotatable bonds is 9. The van der Waals surface area contributed by atoms with E-state index in [0.717, 1.165) is 15.4 Å². The Morgan fingerprint density at radius 3 is 2.24 bits per heavy atom. The summed E-state index contributed by atoms with van der Waals surface area (Å²) in [7, 11) is -1.21. The minimum absolute atomic E-state index is 0.0219. The van der Waals surface area contributed by atoms with Crippen molar-refractivity contribution in [1.82, 2.24) is 5.32 Å². The number of sulfonamides is 1. The molecular formula is C24H25ClN2O5S. The van der Waals surface area contributed by atoms with Gasteiger partial charge < -0.3 is 14.8 Å². The van der Waals surface area contributed by atoms with Gasteiger partial charge in [-0.05, 0) is 66.6 Å². The van der Waals surface area contributed by atoms with Gasteiger partial charge in [-0.2, -0.15) is 0 Å². The third kappa shape index (κ3) is 5.97. The highest BCUT2D eigenvalue weighted by Crippen LogP contribution is 2.31. The van der Waals surface area contributed by atoms with E-state index in [4.69, 9.17) is 21.1 Å². The summed E-state index contributed by atoms with van der Waals surface area (Å²) in [4.78, 5) is 12.8. The molecule has 0 saturated carbocycles. The number of halogens is 1. The molecular weight excluding hydrogens is 464 g/mol. The summed E-state index contributed by atoms with van der Waals surface area (Å²) in [5.74, 6) is 0.299. The van der Waals surface area contributed by atoms with E-state index in [-0.39, 0.29) is 17.2 Å². The van der Waals surface area contributed by atoms with Gasteiger partial charge in [0.2, 0.25) is 5.91 Å². The number of carbonyl (C=O) groups is 1. The first-order valence-corrected chi connectivity index (χ1v) is 11.9. The van der Waals surface area contributed by atoms with E-state index < -0.39 is 22.5 Å². The van der Waals surface area contributed by atoms with E-state index in [1.54, 1.807) is 67.6 Å². The lowest BCUT2D eigenvalue weighted by Crippen LogP contribution is -2.40. The molecule has 3 aromatic carbocycles. The number of benzene rings is 3. The van der Waals surface area contributed by atoms with Gasteiger partial charge in [0.05, 0.1) is 19.9 Å².